The molecular formula is C41H24N4. The van der Waals surface area contributed by atoms with E-state index in [4.69, 9.17) is 0 Å². The molecule has 0 unspecified atom stereocenters. The third-order valence-electron chi connectivity index (χ3n) is 8.95. The van der Waals surface area contributed by atoms with E-state index in [1.54, 1.807) is 12.4 Å². The van der Waals surface area contributed by atoms with Crippen molar-refractivity contribution in [1.29, 1.82) is 10.5 Å². The van der Waals surface area contributed by atoms with Crippen molar-refractivity contribution in [3.8, 4) is 45.5 Å². The van der Waals surface area contributed by atoms with E-state index in [1.165, 1.54) is 22.3 Å². The van der Waals surface area contributed by atoms with Crippen LogP contribution in [0, 0.1) is 22.7 Å². The van der Waals surface area contributed by atoms with Crippen LogP contribution in [0.1, 0.15) is 33.6 Å². The van der Waals surface area contributed by atoms with Gasteiger partial charge in [0, 0.05) is 12.4 Å². The number of hydrogen-bond donors (Lipinski definition) is 0. The van der Waals surface area contributed by atoms with Gasteiger partial charge in [0.2, 0.25) is 0 Å². The Bertz CT molecular complexity index is 2310. The zero-order chi connectivity index (χ0) is 30.4. The van der Waals surface area contributed by atoms with Gasteiger partial charge in [0.25, 0.3) is 0 Å². The second-order valence-electron chi connectivity index (χ2n) is 11.2. The van der Waals surface area contributed by atoms with Crippen molar-refractivity contribution < 1.29 is 0 Å². The molecule has 0 spiro atoms. The van der Waals surface area contributed by atoms with Gasteiger partial charge in [0.05, 0.1) is 5.41 Å². The first-order valence-corrected chi connectivity index (χ1v) is 14.8. The van der Waals surface area contributed by atoms with Gasteiger partial charge in [-0.3, -0.25) is 0 Å². The lowest BCUT2D eigenvalue weighted by Gasteiger charge is -2.34. The molecule has 8 rings (SSSR count). The summed E-state index contributed by atoms with van der Waals surface area (Å²) in [5.41, 5.74) is 11.2. The van der Waals surface area contributed by atoms with Crippen molar-refractivity contribution in [1.82, 2.24) is 9.97 Å². The van der Waals surface area contributed by atoms with Gasteiger partial charge in [-0.05, 0) is 103 Å². The number of aromatic nitrogens is 2. The van der Waals surface area contributed by atoms with Crippen LogP contribution in [-0.4, -0.2) is 9.97 Å². The minimum atomic E-state index is -0.641. The molecule has 2 heterocycles. The molecule has 0 saturated heterocycles. The highest BCUT2D eigenvalue weighted by Gasteiger charge is 2.47. The molecule has 4 heteroatoms. The van der Waals surface area contributed by atoms with Gasteiger partial charge in [-0.1, -0.05) is 97.1 Å². The summed E-state index contributed by atoms with van der Waals surface area (Å²) in [6.45, 7) is 0. The minimum absolute atomic E-state index is 0.386. The fourth-order valence-electron chi connectivity index (χ4n) is 7.09. The van der Waals surface area contributed by atoms with Gasteiger partial charge in [0.1, 0.15) is 23.5 Å². The highest BCUT2D eigenvalue weighted by molar-refractivity contribution is 6.10. The predicted molar refractivity (Wildman–Crippen MR) is 177 cm³/mol. The van der Waals surface area contributed by atoms with E-state index in [-0.39, 0.29) is 0 Å². The lowest BCUT2D eigenvalue weighted by atomic mass is 9.67. The summed E-state index contributed by atoms with van der Waals surface area (Å²) in [7, 11) is 0. The summed E-state index contributed by atoms with van der Waals surface area (Å²) < 4.78 is 0. The Kier molecular flexibility index (Phi) is 6.09. The molecule has 208 valence electrons. The van der Waals surface area contributed by atoms with Crippen LogP contribution in [-0.2, 0) is 5.41 Å². The maximum absolute atomic E-state index is 9.69. The molecule has 7 aromatic rings. The number of hydrogen-bond acceptors (Lipinski definition) is 4. The number of nitrogens with zero attached hydrogens (tertiary/aromatic N) is 4. The third-order valence-corrected chi connectivity index (χ3v) is 8.95. The van der Waals surface area contributed by atoms with Gasteiger partial charge in [-0.25, -0.2) is 9.97 Å². The molecule has 1 aliphatic carbocycles. The van der Waals surface area contributed by atoms with Crippen molar-refractivity contribution in [3.05, 3.63) is 179 Å². The van der Waals surface area contributed by atoms with Crippen molar-refractivity contribution in [2.24, 2.45) is 0 Å². The molecule has 45 heavy (non-hydrogen) atoms. The average Bonchev–Trinajstić information content (AvgIpc) is 3.42. The quantitative estimate of drug-likeness (QED) is 0.211. The summed E-state index contributed by atoms with van der Waals surface area (Å²) in [5.74, 6) is 0. The van der Waals surface area contributed by atoms with Crippen LogP contribution in [0.2, 0.25) is 0 Å². The van der Waals surface area contributed by atoms with E-state index < -0.39 is 5.41 Å². The van der Waals surface area contributed by atoms with Gasteiger partial charge >= 0.3 is 0 Å². The van der Waals surface area contributed by atoms with Crippen LogP contribution in [0.15, 0.2) is 146 Å². The number of rotatable bonds is 4. The minimum Gasteiger partial charge on any atom is -0.246 e. The Morgan fingerprint density at radius 1 is 0.467 bits per heavy atom. The van der Waals surface area contributed by atoms with Crippen LogP contribution in [0.3, 0.4) is 0 Å². The van der Waals surface area contributed by atoms with Crippen LogP contribution >= 0.6 is 0 Å². The summed E-state index contributed by atoms with van der Waals surface area (Å²) in [6, 6.07) is 51.0. The van der Waals surface area contributed by atoms with E-state index in [0.717, 1.165) is 44.2 Å². The highest BCUT2D eigenvalue weighted by atomic mass is 14.7. The second-order valence-corrected chi connectivity index (χ2v) is 11.2. The largest absolute Gasteiger partial charge is 0.246 e. The number of benzene rings is 5. The van der Waals surface area contributed by atoms with E-state index in [9.17, 15) is 10.5 Å². The van der Waals surface area contributed by atoms with Gasteiger partial charge in [-0.2, -0.15) is 10.5 Å². The van der Waals surface area contributed by atoms with Crippen LogP contribution < -0.4 is 0 Å². The first kappa shape index (κ1) is 26.3. The zero-order valence-electron chi connectivity index (χ0n) is 24.1. The van der Waals surface area contributed by atoms with E-state index in [0.29, 0.717) is 11.4 Å². The Balaban J connectivity index is 1.54. The average molecular weight is 573 g/mol. The molecule has 0 amide bonds. The Labute approximate surface area is 261 Å². The van der Waals surface area contributed by atoms with Crippen molar-refractivity contribution >= 4 is 10.8 Å². The molecule has 0 fully saturated rings. The van der Waals surface area contributed by atoms with Crippen molar-refractivity contribution in [2.75, 3.05) is 0 Å². The van der Waals surface area contributed by atoms with E-state index in [1.807, 2.05) is 24.3 Å². The fraction of sp³-hybridized carbons (Fsp3) is 0.0244. The van der Waals surface area contributed by atoms with Crippen LogP contribution in [0.4, 0.5) is 0 Å². The SMILES string of the molecule is N#Cc1cc(-c2ccc3c(c2)C(c2ccccc2)(c2ccccc2)c2cc(-c4ccnc(C#N)c4)c4ccccc4c2-3)ccn1. The maximum atomic E-state index is 9.69. The second kappa shape index (κ2) is 10.4. The van der Waals surface area contributed by atoms with Crippen molar-refractivity contribution in [3.63, 3.8) is 0 Å². The van der Waals surface area contributed by atoms with E-state index >= 15 is 0 Å². The number of fused-ring (bicyclic) bond motifs is 5. The fourth-order valence-corrected chi connectivity index (χ4v) is 7.09. The molecule has 4 nitrogen and oxygen atoms in total. The topological polar surface area (TPSA) is 73.4 Å². The molecule has 0 radical (unpaired) electrons. The Morgan fingerprint density at radius 3 is 1.67 bits per heavy atom. The predicted octanol–water partition coefficient (Wildman–Crippen LogP) is 9.07. The molecule has 0 atom stereocenters. The van der Waals surface area contributed by atoms with Crippen LogP contribution in [0.5, 0.6) is 0 Å². The molecule has 0 N–H and O–H groups in total. The summed E-state index contributed by atoms with van der Waals surface area (Å²) in [5, 5.41) is 21.5. The molecule has 2 aromatic heterocycles. The van der Waals surface area contributed by atoms with Crippen LogP contribution in [0.25, 0.3) is 44.2 Å². The monoisotopic (exact) mass is 572 g/mol. The first-order valence-electron chi connectivity index (χ1n) is 14.8. The van der Waals surface area contributed by atoms with E-state index in [2.05, 4.69) is 131 Å². The highest BCUT2D eigenvalue weighted by Crippen LogP contribution is 2.59. The standard InChI is InChI=1S/C41H24N4/c42-25-32-21-28(17-19-44-32)27-15-16-36-38(23-27)41(30-9-3-1-4-10-30,31-11-5-2-6-12-31)39-24-37(29-18-20-45-33(22-29)26-43)34-13-7-8-14-35(34)40(36)39/h1-24H. The number of nitriles is 2. The summed E-state index contributed by atoms with van der Waals surface area (Å²) >= 11 is 0. The van der Waals surface area contributed by atoms with Gasteiger partial charge in [-0.15, -0.1) is 0 Å². The maximum Gasteiger partial charge on any atom is 0.141 e. The first-order chi connectivity index (χ1) is 22.2. The number of pyridine rings is 2. The molecule has 0 bridgehead atoms. The molecule has 5 aromatic carbocycles. The smallest absolute Gasteiger partial charge is 0.141 e. The lowest BCUT2D eigenvalue weighted by molar-refractivity contribution is 0.769. The third kappa shape index (κ3) is 3.98. The molecule has 1 aliphatic rings. The summed E-state index contributed by atoms with van der Waals surface area (Å²) in [4.78, 5) is 8.47. The molecule has 0 saturated carbocycles. The molecular weight excluding hydrogens is 548 g/mol. The summed E-state index contributed by atoms with van der Waals surface area (Å²) in [6.07, 6.45) is 3.41. The normalized spacial score (nSPS) is 12.6. The Morgan fingerprint density at radius 2 is 1.02 bits per heavy atom. The van der Waals surface area contributed by atoms with Crippen molar-refractivity contribution in [2.45, 2.75) is 5.41 Å². The van der Waals surface area contributed by atoms with Gasteiger partial charge in [0.15, 0.2) is 0 Å². The lowest BCUT2D eigenvalue weighted by Crippen LogP contribution is -2.28. The zero-order valence-corrected chi connectivity index (χ0v) is 24.1. The Hall–Kier alpha value is -6.36. The van der Waals surface area contributed by atoms with Gasteiger partial charge < -0.3 is 0 Å². The molecule has 0 aliphatic heterocycles.